The normalized spacial score (nSPS) is 24.0. The second-order valence-electron chi connectivity index (χ2n) is 8.56. The average molecular weight is 437 g/mol. The van der Waals surface area contributed by atoms with Crippen molar-refractivity contribution < 1.29 is 23.1 Å². The van der Waals surface area contributed by atoms with Gasteiger partial charge in [0.2, 0.25) is 0 Å². The van der Waals surface area contributed by atoms with E-state index in [1.165, 1.54) is 12.1 Å². The maximum absolute atomic E-state index is 13.7. The summed E-state index contributed by atoms with van der Waals surface area (Å²) < 4.78 is 33.7. The first-order valence-corrected chi connectivity index (χ1v) is 10.7. The van der Waals surface area contributed by atoms with E-state index in [-0.39, 0.29) is 11.8 Å². The molecule has 8 heteroatoms. The van der Waals surface area contributed by atoms with E-state index in [0.717, 1.165) is 6.07 Å². The zero-order valence-electron chi connectivity index (χ0n) is 17.3. The molecule has 2 aromatic carbocycles. The molecule has 3 fully saturated rings. The standard InChI is InChI=1S/C24H21F2N3O3/c25-18-11-17(12-19(26)13-18)20-5-6-21-29(20)23(31)24(32-21)7-9-28(10-8-24)22(30)16-3-1-15(14-27)2-4-16/h1-4,11-13,20-21H,5-10H2/t20-,21+/m0/s1. The van der Waals surface area contributed by atoms with Gasteiger partial charge >= 0.3 is 0 Å². The first-order chi connectivity index (χ1) is 15.4. The molecule has 0 unspecified atom stereocenters. The highest BCUT2D eigenvalue weighted by atomic mass is 19.1. The maximum Gasteiger partial charge on any atom is 0.257 e. The molecule has 2 aromatic rings. The number of nitrogens with zero attached hydrogens (tertiary/aromatic N) is 3. The Kier molecular flexibility index (Phi) is 4.94. The van der Waals surface area contributed by atoms with Crippen LogP contribution in [0.5, 0.6) is 0 Å². The molecule has 3 heterocycles. The largest absolute Gasteiger partial charge is 0.342 e. The number of fused-ring (bicyclic) bond motifs is 1. The lowest BCUT2D eigenvalue weighted by molar-refractivity contribution is -0.142. The van der Waals surface area contributed by atoms with Crippen LogP contribution in [0.4, 0.5) is 8.78 Å². The molecule has 3 aliphatic heterocycles. The molecule has 5 rings (SSSR count). The van der Waals surface area contributed by atoms with Crippen molar-refractivity contribution in [2.24, 2.45) is 0 Å². The highest BCUT2D eigenvalue weighted by Gasteiger charge is 2.58. The summed E-state index contributed by atoms with van der Waals surface area (Å²) >= 11 is 0. The molecule has 0 aliphatic carbocycles. The third-order valence-corrected chi connectivity index (χ3v) is 6.71. The van der Waals surface area contributed by atoms with Gasteiger partial charge in [-0.2, -0.15) is 5.26 Å². The SMILES string of the molecule is N#Cc1ccc(C(=O)N2CCC3(CC2)O[C@@H]2CC[C@@H](c4cc(F)cc(F)c4)N2C3=O)cc1. The van der Waals surface area contributed by atoms with Crippen LogP contribution in [0, 0.1) is 23.0 Å². The number of hydrogen-bond acceptors (Lipinski definition) is 4. The van der Waals surface area contributed by atoms with Crippen LogP contribution in [0.25, 0.3) is 0 Å². The highest BCUT2D eigenvalue weighted by molar-refractivity contribution is 5.95. The molecule has 0 saturated carbocycles. The van der Waals surface area contributed by atoms with Gasteiger partial charge in [-0.05, 0) is 54.8 Å². The molecule has 3 aliphatic rings. The lowest BCUT2D eigenvalue weighted by Gasteiger charge is -2.37. The van der Waals surface area contributed by atoms with E-state index in [2.05, 4.69) is 0 Å². The van der Waals surface area contributed by atoms with Gasteiger partial charge in [0.25, 0.3) is 11.8 Å². The van der Waals surface area contributed by atoms with Gasteiger partial charge < -0.3 is 14.5 Å². The summed E-state index contributed by atoms with van der Waals surface area (Å²) in [7, 11) is 0. The molecular weight excluding hydrogens is 416 g/mol. The van der Waals surface area contributed by atoms with Gasteiger partial charge in [-0.3, -0.25) is 9.59 Å². The van der Waals surface area contributed by atoms with Gasteiger partial charge in [0.15, 0.2) is 5.60 Å². The summed E-state index contributed by atoms with van der Waals surface area (Å²) in [6.07, 6.45) is 1.50. The van der Waals surface area contributed by atoms with Gasteiger partial charge in [0.05, 0.1) is 17.7 Å². The fourth-order valence-corrected chi connectivity index (χ4v) is 5.08. The Morgan fingerprint density at radius 1 is 1.06 bits per heavy atom. The zero-order chi connectivity index (χ0) is 22.5. The van der Waals surface area contributed by atoms with Gasteiger partial charge in [0.1, 0.15) is 17.9 Å². The van der Waals surface area contributed by atoms with Crippen molar-refractivity contribution in [1.82, 2.24) is 9.80 Å². The Balaban J connectivity index is 1.30. The predicted molar refractivity (Wildman–Crippen MR) is 109 cm³/mol. The lowest BCUT2D eigenvalue weighted by atomic mass is 9.89. The Bertz CT molecular complexity index is 1100. The number of piperidine rings is 1. The summed E-state index contributed by atoms with van der Waals surface area (Å²) in [6, 6.07) is 11.4. The van der Waals surface area contributed by atoms with E-state index in [1.807, 2.05) is 6.07 Å². The number of halogens is 2. The molecule has 0 aromatic heterocycles. The van der Waals surface area contributed by atoms with Crippen LogP contribution in [0.1, 0.15) is 53.2 Å². The summed E-state index contributed by atoms with van der Waals surface area (Å²) in [5, 5.41) is 8.91. The number of benzene rings is 2. The predicted octanol–water partition coefficient (Wildman–Crippen LogP) is 3.53. The van der Waals surface area contributed by atoms with E-state index in [0.29, 0.717) is 55.5 Å². The Hall–Kier alpha value is -3.31. The number of amides is 2. The summed E-state index contributed by atoms with van der Waals surface area (Å²) in [6.45, 7) is 0.731. The second-order valence-corrected chi connectivity index (χ2v) is 8.56. The highest BCUT2D eigenvalue weighted by Crippen LogP contribution is 2.47. The van der Waals surface area contributed by atoms with Crippen LogP contribution in [-0.4, -0.2) is 46.5 Å². The fourth-order valence-electron chi connectivity index (χ4n) is 5.08. The molecule has 2 amide bonds. The smallest absolute Gasteiger partial charge is 0.257 e. The quantitative estimate of drug-likeness (QED) is 0.721. The molecule has 164 valence electrons. The van der Waals surface area contributed by atoms with Crippen molar-refractivity contribution >= 4 is 11.8 Å². The first kappa shape index (κ1) is 20.6. The van der Waals surface area contributed by atoms with E-state index in [1.54, 1.807) is 34.1 Å². The zero-order valence-corrected chi connectivity index (χ0v) is 17.3. The molecule has 2 atom stereocenters. The minimum Gasteiger partial charge on any atom is -0.342 e. The summed E-state index contributed by atoms with van der Waals surface area (Å²) in [5.41, 5.74) is 0.411. The van der Waals surface area contributed by atoms with Gasteiger partial charge in [-0.15, -0.1) is 0 Å². The van der Waals surface area contributed by atoms with Crippen molar-refractivity contribution in [3.63, 3.8) is 0 Å². The molecule has 0 radical (unpaired) electrons. The lowest BCUT2D eigenvalue weighted by Crippen LogP contribution is -2.51. The van der Waals surface area contributed by atoms with E-state index >= 15 is 0 Å². The monoisotopic (exact) mass is 437 g/mol. The van der Waals surface area contributed by atoms with Crippen molar-refractivity contribution in [1.29, 1.82) is 5.26 Å². The molecular formula is C24H21F2N3O3. The average Bonchev–Trinajstić information content (AvgIpc) is 3.31. The topological polar surface area (TPSA) is 73.6 Å². The summed E-state index contributed by atoms with van der Waals surface area (Å²) in [5.74, 6) is -1.65. The van der Waals surface area contributed by atoms with Crippen molar-refractivity contribution in [2.75, 3.05) is 13.1 Å². The van der Waals surface area contributed by atoms with Crippen LogP contribution < -0.4 is 0 Å². The van der Waals surface area contributed by atoms with Crippen molar-refractivity contribution in [3.8, 4) is 6.07 Å². The first-order valence-electron chi connectivity index (χ1n) is 10.7. The van der Waals surface area contributed by atoms with Crippen molar-refractivity contribution in [3.05, 3.63) is 70.8 Å². The van der Waals surface area contributed by atoms with Crippen LogP contribution in [-0.2, 0) is 9.53 Å². The Morgan fingerprint density at radius 3 is 2.34 bits per heavy atom. The van der Waals surface area contributed by atoms with E-state index in [9.17, 15) is 18.4 Å². The minimum atomic E-state index is -1.00. The van der Waals surface area contributed by atoms with Crippen LogP contribution >= 0.6 is 0 Å². The molecule has 1 spiro atoms. The summed E-state index contributed by atoms with van der Waals surface area (Å²) in [4.78, 5) is 29.5. The Labute approximate surface area is 184 Å². The molecule has 0 bridgehead atoms. The third-order valence-electron chi connectivity index (χ3n) is 6.71. The van der Waals surface area contributed by atoms with Crippen LogP contribution in [0.2, 0.25) is 0 Å². The number of ether oxygens (including phenoxy) is 1. The van der Waals surface area contributed by atoms with Gasteiger partial charge in [-0.1, -0.05) is 0 Å². The third kappa shape index (κ3) is 3.33. The van der Waals surface area contributed by atoms with Crippen LogP contribution in [0.15, 0.2) is 42.5 Å². The Morgan fingerprint density at radius 2 is 1.72 bits per heavy atom. The number of rotatable bonds is 2. The van der Waals surface area contributed by atoms with E-state index in [4.69, 9.17) is 10.00 Å². The van der Waals surface area contributed by atoms with Crippen molar-refractivity contribution in [2.45, 2.75) is 43.6 Å². The van der Waals surface area contributed by atoms with Gasteiger partial charge in [-0.25, -0.2) is 8.78 Å². The number of nitriles is 1. The number of likely N-dealkylation sites (tertiary alicyclic amines) is 1. The molecule has 3 saturated heterocycles. The molecule has 0 N–H and O–H groups in total. The van der Waals surface area contributed by atoms with Crippen LogP contribution in [0.3, 0.4) is 0 Å². The number of hydrogen-bond donors (Lipinski definition) is 0. The number of carbonyl (C=O) groups excluding carboxylic acids is 2. The van der Waals surface area contributed by atoms with E-state index < -0.39 is 29.5 Å². The number of carbonyl (C=O) groups is 2. The second kappa shape index (κ2) is 7.68. The maximum atomic E-state index is 13.7. The molecule has 32 heavy (non-hydrogen) atoms. The van der Waals surface area contributed by atoms with Gasteiger partial charge in [0, 0.05) is 37.6 Å². The fraction of sp³-hybridized carbons (Fsp3) is 0.375. The minimum absolute atomic E-state index is 0.150. The molecule has 6 nitrogen and oxygen atoms in total.